The van der Waals surface area contributed by atoms with Crippen LogP contribution in [-0.4, -0.2) is 34.6 Å². The molecule has 0 radical (unpaired) electrons. The zero-order valence-corrected chi connectivity index (χ0v) is 19.3. The first-order valence-corrected chi connectivity index (χ1v) is 11.1. The number of aryl methyl sites for hydroxylation is 2. The minimum atomic E-state index is -0.490. The second-order valence-corrected chi connectivity index (χ2v) is 8.20. The molecule has 8 heteroatoms. The van der Waals surface area contributed by atoms with E-state index in [0.29, 0.717) is 17.1 Å². The van der Waals surface area contributed by atoms with Crippen molar-refractivity contribution in [2.24, 2.45) is 0 Å². The van der Waals surface area contributed by atoms with E-state index in [1.165, 1.54) is 18.5 Å². The molecule has 2 N–H and O–H groups in total. The van der Waals surface area contributed by atoms with Gasteiger partial charge in [0.1, 0.15) is 30.3 Å². The van der Waals surface area contributed by atoms with Gasteiger partial charge in [0.15, 0.2) is 5.78 Å². The number of ketones is 1. The molecular formula is C26H23ClFN3O3. The molecule has 0 bridgehead atoms. The fraction of sp³-hybridized carbons (Fsp3) is 0.192. The van der Waals surface area contributed by atoms with Gasteiger partial charge in [-0.25, -0.2) is 14.4 Å². The predicted octanol–water partition coefficient (Wildman–Crippen LogP) is 5.52. The Hall–Kier alpha value is -3.55. The number of ether oxygens (including phenoxy) is 1. The van der Waals surface area contributed by atoms with Gasteiger partial charge in [-0.15, -0.1) is 0 Å². The molecule has 4 aromatic rings. The van der Waals surface area contributed by atoms with E-state index in [0.717, 1.165) is 47.0 Å². The van der Waals surface area contributed by atoms with Gasteiger partial charge in [0.2, 0.25) is 0 Å². The Morgan fingerprint density at radius 3 is 2.59 bits per heavy atom. The van der Waals surface area contributed by atoms with Crippen molar-refractivity contribution in [2.45, 2.75) is 19.3 Å². The van der Waals surface area contributed by atoms with Crippen LogP contribution in [0.2, 0.25) is 5.02 Å². The summed E-state index contributed by atoms with van der Waals surface area (Å²) in [5.74, 6) is 0.551. The van der Waals surface area contributed by atoms with Gasteiger partial charge < -0.3 is 15.2 Å². The highest BCUT2D eigenvalue weighted by atomic mass is 35.5. The number of carbonyl (C=O) groups excluding carboxylic acids is 1. The standard InChI is InChI=1S/C26H23ClFN3O3/c1-34-25-13-23-20(26(30-15-29-23)31-19-9-10-22(28)21(27)12-19)11-18(25)4-2-3-16-5-7-17(8-6-16)24(33)14-32/h5-13,15,32H,2-4,14H2,1H3,(H,29,30,31). The lowest BCUT2D eigenvalue weighted by molar-refractivity contribution is 0.0903. The normalized spacial score (nSPS) is 10.9. The average molecular weight is 480 g/mol. The summed E-state index contributed by atoms with van der Waals surface area (Å²) in [4.78, 5) is 20.3. The van der Waals surface area contributed by atoms with Crippen LogP contribution in [0.1, 0.15) is 27.9 Å². The van der Waals surface area contributed by atoms with Crippen LogP contribution in [0.3, 0.4) is 0 Å². The number of methoxy groups -OCH3 is 1. The van der Waals surface area contributed by atoms with E-state index in [1.807, 2.05) is 24.3 Å². The molecule has 0 spiro atoms. The Bertz CT molecular complexity index is 1330. The number of hydrogen-bond donors (Lipinski definition) is 2. The number of anilines is 2. The summed E-state index contributed by atoms with van der Waals surface area (Å²) >= 11 is 5.91. The molecule has 0 amide bonds. The SMILES string of the molecule is COc1cc2ncnc(Nc3ccc(F)c(Cl)c3)c2cc1CCCc1ccc(C(=O)CO)cc1. The number of aromatic nitrogens is 2. The van der Waals surface area contributed by atoms with Gasteiger partial charge in [-0.05, 0) is 54.7 Å². The Kier molecular flexibility index (Phi) is 7.35. The minimum absolute atomic E-state index is 0.0273. The molecule has 174 valence electrons. The molecule has 0 aliphatic carbocycles. The van der Waals surface area contributed by atoms with Crippen molar-refractivity contribution in [1.82, 2.24) is 9.97 Å². The van der Waals surface area contributed by atoms with Gasteiger partial charge in [-0.1, -0.05) is 35.9 Å². The molecule has 0 fully saturated rings. The van der Waals surface area contributed by atoms with Gasteiger partial charge in [-0.3, -0.25) is 4.79 Å². The number of nitrogens with one attached hydrogen (secondary N) is 1. The number of aliphatic hydroxyl groups excluding tert-OH is 1. The average Bonchev–Trinajstić information content (AvgIpc) is 2.86. The molecular weight excluding hydrogens is 457 g/mol. The number of hydrogen-bond acceptors (Lipinski definition) is 6. The predicted molar refractivity (Wildman–Crippen MR) is 131 cm³/mol. The molecule has 0 saturated heterocycles. The molecule has 1 heterocycles. The van der Waals surface area contributed by atoms with E-state index in [1.54, 1.807) is 25.3 Å². The van der Waals surface area contributed by atoms with Gasteiger partial charge in [0.05, 0.1) is 17.6 Å². The summed E-state index contributed by atoms with van der Waals surface area (Å²) in [7, 11) is 1.63. The van der Waals surface area contributed by atoms with Crippen LogP contribution in [-0.2, 0) is 12.8 Å². The van der Waals surface area contributed by atoms with Crippen molar-refractivity contribution >= 4 is 39.8 Å². The van der Waals surface area contributed by atoms with Gasteiger partial charge in [0.25, 0.3) is 0 Å². The smallest absolute Gasteiger partial charge is 0.188 e. The van der Waals surface area contributed by atoms with Crippen molar-refractivity contribution < 1.29 is 19.0 Å². The maximum absolute atomic E-state index is 13.5. The summed E-state index contributed by atoms with van der Waals surface area (Å²) in [5, 5.41) is 13.0. The van der Waals surface area contributed by atoms with Gasteiger partial charge in [0, 0.05) is 22.7 Å². The van der Waals surface area contributed by atoms with Crippen molar-refractivity contribution in [3.05, 3.63) is 88.5 Å². The summed E-state index contributed by atoms with van der Waals surface area (Å²) < 4.78 is 19.1. The zero-order chi connectivity index (χ0) is 24.1. The lowest BCUT2D eigenvalue weighted by Crippen LogP contribution is -2.04. The topological polar surface area (TPSA) is 84.3 Å². The molecule has 34 heavy (non-hydrogen) atoms. The quantitative estimate of drug-likeness (QED) is 0.307. The van der Waals surface area contributed by atoms with Crippen LogP contribution in [0, 0.1) is 5.82 Å². The first-order valence-electron chi connectivity index (χ1n) is 10.7. The Balaban J connectivity index is 1.54. The summed E-state index contributed by atoms with van der Waals surface area (Å²) in [6.45, 7) is -0.490. The molecule has 0 atom stereocenters. The second-order valence-electron chi connectivity index (χ2n) is 7.79. The van der Waals surface area contributed by atoms with Crippen LogP contribution in [0.4, 0.5) is 15.9 Å². The highest BCUT2D eigenvalue weighted by molar-refractivity contribution is 6.31. The molecule has 6 nitrogen and oxygen atoms in total. The fourth-order valence-corrected chi connectivity index (χ4v) is 3.94. The van der Waals surface area contributed by atoms with Crippen molar-refractivity contribution in [2.75, 3.05) is 19.0 Å². The second kappa shape index (κ2) is 10.6. The number of nitrogens with zero attached hydrogens (tertiary/aromatic N) is 2. The summed E-state index contributed by atoms with van der Waals surface area (Å²) in [6.07, 6.45) is 3.89. The van der Waals surface area contributed by atoms with E-state index in [9.17, 15) is 9.18 Å². The number of fused-ring (bicyclic) bond motifs is 1. The van der Waals surface area contributed by atoms with Crippen LogP contribution >= 0.6 is 11.6 Å². The van der Waals surface area contributed by atoms with E-state index in [2.05, 4.69) is 15.3 Å². The van der Waals surface area contributed by atoms with Crippen LogP contribution < -0.4 is 10.1 Å². The maximum Gasteiger partial charge on any atom is 0.188 e. The van der Waals surface area contributed by atoms with Gasteiger partial charge in [-0.2, -0.15) is 0 Å². The first-order chi connectivity index (χ1) is 16.5. The number of carbonyl (C=O) groups is 1. The third kappa shape index (κ3) is 5.32. The van der Waals surface area contributed by atoms with Crippen molar-refractivity contribution in [1.29, 1.82) is 0 Å². The van der Waals surface area contributed by atoms with Crippen molar-refractivity contribution in [3.63, 3.8) is 0 Å². The summed E-state index contributed by atoms with van der Waals surface area (Å²) in [5.41, 5.74) is 3.96. The van der Waals surface area contributed by atoms with Crippen LogP contribution in [0.25, 0.3) is 10.9 Å². The lowest BCUT2D eigenvalue weighted by atomic mass is 10.0. The fourth-order valence-electron chi connectivity index (χ4n) is 3.76. The molecule has 0 aliphatic rings. The van der Waals surface area contributed by atoms with E-state index < -0.39 is 12.4 Å². The largest absolute Gasteiger partial charge is 0.496 e. The van der Waals surface area contributed by atoms with Gasteiger partial charge >= 0.3 is 0 Å². The molecule has 1 aromatic heterocycles. The molecule has 4 rings (SSSR count). The van der Waals surface area contributed by atoms with E-state index in [4.69, 9.17) is 21.4 Å². The number of aliphatic hydroxyl groups is 1. The molecule has 0 unspecified atom stereocenters. The number of rotatable bonds is 9. The Labute approximate surface area is 201 Å². The number of halogens is 2. The third-order valence-corrected chi connectivity index (χ3v) is 5.84. The van der Waals surface area contributed by atoms with Crippen LogP contribution in [0.15, 0.2) is 60.9 Å². The number of benzene rings is 3. The van der Waals surface area contributed by atoms with E-state index >= 15 is 0 Å². The Morgan fingerprint density at radius 2 is 1.88 bits per heavy atom. The maximum atomic E-state index is 13.5. The molecule has 0 aliphatic heterocycles. The minimum Gasteiger partial charge on any atom is -0.496 e. The Morgan fingerprint density at radius 1 is 1.09 bits per heavy atom. The first kappa shape index (κ1) is 23.6. The lowest BCUT2D eigenvalue weighted by Gasteiger charge is -2.13. The molecule has 3 aromatic carbocycles. The molecule has 0 saturated carbocycles. The third-order valence-electron chi connectivity index (χ3n) is 5.55. The monoisotopic (exact) mass is 479 g/mol. The van der Waals surface area contributed by atoms with Crippen molar-refractivity contribution in [3.8, 4) is 5.75 Å². The summed E-state index contributed by atoms with van der Waals surface area (Å²) in [6, 6.07) is 15.6. The zero-order valence-electron chi connectivity index (χ0n) is 18.5. The van der Waals surface area contributed by atoms with E-state index in [-0.39, 0.29) is 10.8 Å². The number of Topliss-reactive ketones (excluding diaryl/α,β-unsaturated/α-hetero) is 1. The van der Waals surface area contributed by atoms with Crippen LogP contribution in [0.5, 0.6) is 5.75 Å². The highest BCUT2D eigenvalue weighted by Crippen LogP contribution is 2.31. The highest BCUT2D eigenvalue weighted by Gasteiger charge is 2.12.